The van der Waals surface area contributed by atoms with Crippen molar-refractivity contribution in [3.8, 4) is 0 Å². The zero-order valence-electron chi connectivity index (χ0n) is 13.0. The van der Waals surface area contributed by atoms with Gasteiger partial charge in [0, 0.05) is 6.04 Å². The van der Waals surface area contributed by atoms with Crippen molar-refractivity contribution in [3.05, 3.63) is 29.8 Å². The number of halogens is 3. The van der Waals surface area contributed by atoms with Gasteiger partial charge in [0.15, 0.2) is 5.11 Å². The van der Waals surface area contributed by atoms with Gasteiger partial charge in [-0.05, 0) is 68.3 Å². The summed E-state index contributed by atoms with van der Waals surface area (Å²) in [7, 11) is 0. The largest absolute Gasteiger partial charge is 0.418 e. The molecule has 0 amide bonds. The minimum Gasteiger partial charge on any atom is -0.360 e. The topological polar surface area (TPSA) is 24.1 Å². The van der Waals surface area contributed by atoms with Crippen LogP contribution < -0.4 is 10.6 Å². The summed E-state index contributed by atoms with van der Waals surface area (Å²) < 4.78 is 39.0. The molecule has 0 heterocycles. The lowest BCUT2D eigenvalue weighted by Gasteiger charge is -2.29. The first-order valence-corrected chi connectivity index (χ1v) is 8.49. The number of thiocarbonyl (C=S) groups is 1. The predicted molar refractivity (Wildman–Crippen MR) is 89.2 cm³/mol. The third-order valence-electron chi connectivity index (χ3n) is 5.27. The van der Waals surface area contributed by atoms with Crippen LogP contribution in [0.1, 0.15) is 38.2 Å². The second-order valence-electron chi connectivity index (χ2n) is 6.77. The molecule has 2 aliphatic rings. The smallest absolute Gasteiger partial charge is 0.360 e. The molecule has 0 unspecified atom stereocenters. The summed E-state index contributed by atoms with van der Waals surface area (Å²) in [6.07, 6.45) is 0.720. The van der Waals surface area contributed by atoms with Gasteiger partial charge in [-0.1, -0.05) is 18.6 Å². The minimum absolute atomic E-state index is 0.00218. The van der Waals surface area contributed by atoms with Crippen LogP contribution in [0.3, 0.4) is 0 Å². The molecule has 4 atom stereocenters. The summed E-state index contributed by atoms with van der Waals surface area (Å²) in [6.45, 7) is 2.08. The first kappa shape index (κ1) is 16.6. The van der Waals surface area contributed by atoms with Crippen molar-refractivity contribution in [2.24, 2.45) is 17.8 Å². The van der Waals surface area contributed by atoms with Crippen molar-refractivity contribution in [3.63, 3.8) is 0 Å². The zero-order chi connectivity index (χ0) is 16.6. The Hall–Kier alpha value is -1.30. The minimum atomic E-state index is -4.39. The maximum Gasteiger partial charge on any atom is 0.418 e. The number of para-hydroxylation sites is 1. The van der Waals surface area contributed by atoms with Gasteiger partial charge in [0.25, 0.3) is 0 Å². The van der Waals surface area contributed by atoms with E-state index in [4.69, 9.17) is 12.2 Å². The predicted octanol–water partition coefficient (Wildman–Crippen LogP) is 4.82. The Balaban J connectivity index is 1.62. The van der Waals surface area contributed by atoms with E-state index in [0.717, 1.165) is 17.9 Å². The third kappa shape index (κ3) is 3.62. The molecule has 2 saturated carbocycles. The summed E-state index contributed by atoms with van der Waals surface area (Å²) in [4.78, 5) is 0. The summed E-state index contributed by atoms with van der Waals surface area (Å²) in [5, 5.41) is 6.16. The van der Waals surface area contributed by atoms with Gasteiger partial charge in [0.1, 0.15) is 0 Å². The molecule has 0 spiro atoms. The van der Waals surface area contributed by atoms with Crippen LogP contribution >= 0.6 is 12.2 Å². The van der Waals surface area contributed by atoms with E-state index in [1.165, 1.54) is 37.8 Å². The lowest BCUT2D eigenvalue weighted by Crippen LogP contribution is -2.42. The Bertz CT molecular complexity index is 587. The van der Waals surface area contributed by atoms with Gasteiger partial charge in [-0.2, -0.15) is 13.2 Å². The van der Waals surface area contributed by atoms with Crippen LogP contribution in [-0.2, 0) is 6.18 Å². The van der Waals surface area contributed by atoms with Crippen LogP contribution in [-0.4, -0.2) is 11.2 Å². The van der Waals surface area contributed by atoms with Gasteiger partial charge in [0.05, 0.1) is 11.3 Å². The number of hydrogen-bond acceptors (Lipinski definition) is 1. The molecule has 23 heavy (non-hydrogen) atoms. The maximum absolute atomic E-state index is 13.0. The van der Waals surface area contributed by atoms with Gasteiger partial charge in [-0.3, -0.25) is 0 Å². The molecule has 3 rings (SSSR count). The van der Waals surface area contributed by atoms with Crippen LogP contribution in [0.2, 0.25) is 0 Å². The van der Waals surface area contributed by atoms with E-state index in [9.17, 15) is 13.2 Å². The molecule has 1 aromatic rings. The SMILES string of the molecule is C[C@H](NC(=S)Nc1ccccc1C(F)(F)F)[C@H]1C[C@H]2CC[C@H]1C2. The number of hydrogen-bond donors (Lipinski definition) is 2. The molecule has 2 nitrogen and oxygen atoms in total. The van der Waals surface area contributed by atoms with Crippen LogP contribution in [0.5, 0.6) is 0 Å². The summed E-state index contributed by atoms with van der Waals surface area (Å²) >= 11 is 5.23. The molecule has 1 aromatic carbocycles. The first-order valence-electron chi connectivity index (χ1n) is 8.08. The van der Waals surface area contributed by atoms with E-state index >= 15 is 0 Å². The van der Waals surface area contributed by atoms with Gasteiger partial charge in [-0.15, -0.1) is 0 Å². The van der Waals surface area contributed by atoms with Crippen LogP contribution in [0, 0.1) is 17.8 Å². The average molecular weight is 342 g/mol. The fourth-order valence-corrected chi connectivity index (χ4v) is 4.51. The summed E-state index contributed by atoms with van der Waals surface area (Å²) in [5.41, 5.74) is -0.700. The van der Waals surface area contributed by atoms with E-state index in [0.29, 0.717) is 5.92 Å². The van der Waals surface area contributed by atoms with Gasteiger partial charge < -0.3 is 10.6 Å². The molecule has 2 fully saturated rings. The Kier molecular flexibility index (Phi) is 4.54. The van der Waals surface area contributed by atoms with E-state index in [1.54, 1.807) is 6.07 Å². The number of anilines is 1. The number of fused-ring (bicyclic) bond motifs is 2. The second-order valence-corrected chi connectivity index (χ2v) is 7.18. The molecule has 0 saturated heterocycles. The molecular formula is C17H21F3N2S. The van der Waals surface area contributed by atoms with Crippen molar-refractivity contribution in [1.82, 2.24) is 5.32 Å². The molecule has 6 heteroatoms. The standard InChI is InChI=1S/C17H21F3N2S/c1-10(13-9-11-6-7-12(13)8-11)21-16(23)22-15-5-3-2-4-14(15)17(18,19)20/h2-5,10-13H,6-9H2,1H3,(H2,21,22,23)/t10-,11-,12-,13+/m0/s1. The lowest BCUT2D eigenvalue weighted by atomic mass is 9.84. The Morgan fingerprint density at radius 2 is 1.96 bits per heavy atom. The van der Waals surface area contributed by atoms with Crippen LogP contribution in [0.25, 0.3) is 0 Å². The molecule has 2 bridgehead atoms. The monoisotopic (exact) mass is 342 g/mol. The summed E-state index contributed by atoms with van der Waals surface area (Å²) in [6, 6.07) is 5.59. The fourth-order valence-electron chi connectivity index (χ4n) is 4.22. The van der Waals surface area contributed by atoms with E-state index in [-0.39, 0.29) is 16.8 Å². The Morgan fingerprint density at radius 3 is 2.57 bits per heavy atom. The highest BCUT2D eigenvalue weighted by molar-refractivity contribution is 7.80. The van der Waals surface area contributed by atoms with Crippen molar-refractivity contribution in [2.45, 2.75) is 44.8 Å². The number of rotatable bonds is 3. The zero-order valence-corrected chi connectivity index (χ0v) is 13.8. The van der Waals surface area contributed by atoms with Crippen molar-refractivity contribution in [1.29, 1.82) is 0 Å². The Morgan fingerprint density at radius 1 is 1.22 bits per heavy atom. The number of alkyl halides is 3. The quantitative estimate of drug-likeness (QED) is 0.771. The van der Waals surface area contributed by atoms with Crippen LogP contribution in [0.15, 0.2) is 24.3 Å². The maximum atomic E-state index is 13.0. The molecule has 126 valence electrons. The van der Waals surface area contributed by atoms with Gasteiger partial charge in [0.2, 0.25) is 0 Å². The first-order chi connectivity index (χ1) is 10.8. The average Bonchev–Trinajstić information content (AvgIpc) is 3.09. The highest BCUT2D eigenvalue weighted by Crippen LogP contribution is 2.49. The summed E-state index contributed by atoms with van der Waals surface area (Å²) in [5.74, 6) is 2.15. The second kappa shape index (κ2) is 6.30. The number of nitrogens with one attached hydrogen (secondary N) is 2. The molecule has 2 aliphatic carbocycles. The van der Waals surface area contributed by atoms with Gasteiger partial charge in [-0.25, -0.2) is 0 Å². The van der Waals surface area contributed by atoms with E-state index in [2.05, 4.69) is 17.6 Å². The molecular weight excluding hydrogens is 321 g/mol. The van der Waals surface area contributed by atoms with Crippen molar-refractivity contribution < 1.29 is 13.2 Å². The van der Waals surface area contributed by atoms with Crippen LogP contribution in [0.4, 0.5) is 18.9 Å². The van der Waals surface area contributed by atoms with Gasteiger partial charge >= 0.3 is 6.18 Å². The van der Waals surface area contributed by atoms with E-state index < -0.39 is 11.7 Å². The van der Waals surface area contributed by atoms with Crippen molar-refractivity contribution in [2.75, 3.05) is 5.32 Å². The molecule has 0 aromatic heterocycles. The third-order valence-corrected chi connectivity index (χ3v) is 5.49. The lowest BCUT2D eigenvalue weighted by molar-refractivity contribution is -0.136. The fraction of sp³-hybridized carbons (Fsp3) is 0.588. The molecule has 0 radical (unpaired) electrons. The number of benzene rings is 1. The Labute approximate surface area is 139 Å². The highest BCUT2D eigenvalue weighted by atomic mass is 32.1. The normalized spacial score (nSPS) is 27.7. The van der Waals surface area contributed by atoms with E-state index in [1.807, 2.05) is 0 Å². The molecule has 0 aliphatic heterocycles. The highest BCUT2D eigenvalue weighted by Gasteiger charge is 2.42. The molecule has 2 N–H and O–H groups in total. The van der Waals surface area contributed by atoms with Crippen molar-refractivity contribution >= 4 is 23.0 Å².